The zero-order valence-electron chi connectivity index (χ0n) is 65.8. The normalized spacial score (nSPS) is 14.3. The van der Waals surface area contributed by atoms with E-state index >= 15 is 0 Å². The SMILES string of the molecule is CCC(C)CCCCCCCCCCCCCCCCCCCCC(=O)O[C@H](COC(=O)CCCCCCCCCCCCCCCCC(C)C)COP(=O)(O)OC[C@@H](O)COP(=O)(O)OC[C@@H](COC(=O)CCCCCCCCC(C)C)OC(=O)CCCCCCCCCCCC(C)C. The van der Waals surface area contributed by atoms with Crippen molar-refractivity contribution in [2.45, 2.75) is 433 Å². The van der Waals surface area contributed by atoms with Crippen LogP contribution in [0.1, 0.15) is 415 Å². The van der Waals surface area contributed by atoms with E-state index < -0.39 is 97.5 Å². The van der Waals surface area contributed by atoms with Crippen molar-refractivity contribution in [3.05, 3.63) is 0 Å². The van der Waals surface area contributed by atoms with E-state index in [1.165, 1.54) is 212 Å². The molecule has 0 bridgehead atoms. The van der Waals surface area contributed by atoms with Crippen LogP contribution >= 0.6 is 15.6 Å². The molecule has 0 aromatic heterocycles. The molecule has 0 saturated carbocycles. The lowest BCUT2D eigenvalue weighted by Gasteiger charge is -2.21. The van der Waals surface area contributed by atoms with Crippen LogP contribution in [0.3, 0.4) is 0 Å². The van der Waals surface area contributed by atoms with Crippen LogP contribution in [0, 0.1) is 23.7 Å². The molecular formula is C81H158O17P2. The van der Waals surface area contributed by atoms with Gasteiger partial charge in [-0.15, -0.1) is 0 Å². The molecule has 0 radical (unpaired) electrons. The largest absolute Gasteiger partial charge is 0.472 e. The molecule has 0 aliphatic heterocycles. The van der Waals surface area contributed by atoms with Gasteiger partial charge in [0.2, 0.25) is 0 Å². The summed E-state index contributed by atoms with van der Waals surface area (Å²) in [7, 11) is -9.92. The Morgan fingerprint density at radius 2 is 0.480 bits per heavy atom. The Hall–Kier alpha value is -1.94. The van der Waals surface area contributed by atoms with Crippen molar-refractivity contribution in [3.63, 3.8) is 0 Å². The van der Waals surface area contributed by atoms with E-state index in [0.29, 0.717) is 31.6 Å². The van der Waals surface area contributed by atoms with Crippen LogP contribution in [0.5, 0.6) is 0 Å². The second kappa shape index (κ2) is 70.1. The van der Waals surface area contributed by atoms with Crippen LogP contribution in [0.2, 0.25) is 0 Å². The van der Waals surface area contributed by atoms with Crippen molar-refractivity contribution in [3.8, 4) is 0 Å². The highest BCUT2D eigenvalue weighted by Crippen LogP contribution is 2.45. The van der Waals surface area contributed by atoms with E-state index in [-0.39, 0.29) is 25.7 Å². The third-order valence-corrected chi connectivity index (χ3v) is 21.1. The van der Waals surface area contributed by atoms with Crippen LogP contribution in [0.15, 0.2) is 0 Å². The third kappa shape index (κ3) is 73.0. The van der Waals surface area contributed by atoms with Gasteiger partial charge in [-0.1, -0.05) is 364 Å². The zero-order chi connectivity index (χ0) is 73.8. The highest BCUT2D eigenvalue weighted by molar-refractivity contribution is 7.47. The van der Waals surface area contributed by atoms with E-state index in [0.717, 1.165) is 114 Å². The number of unbranched alkanes of at least 4 members (excludes halogenated alkanes) is 43. The van der Waals surface area contributed by atoms with Gasteiger partial charge in [-0.3, -0.25) is 37.3 Å². The fourth-order valence-electron chi connectivity index (χ4n) is 12.4. The van der Waals surface area contributed by atoms with Gasteiger partial charge >= 0.3 is 39.5 Å². The zero-order valence-corrected chi connectivity index (χ0v) is 67.6. The quantitative estimate of drug-likeness (QED) is 0.0222. The maximum absolute atomic E-state index is 13.1. The molecule has 100 heavy (non-hydrogen) atoms. The molecule has 19 heteroatoms. The molecule has 6 atom stereocenters. The van der Waals surface area contributed by atoms with Crippen molar-refractivity contribution >= 4 is 39.5 Å². The summed E-state index contributed by atoms with van der Waals surface area (Å²) >= 11 is 0. The average molecular weight is 1470 g/mol. The third-order valence-electron chi connectivity index (χ3n) is 19.2. The molecule has 17 nitrogen and oxygen atoms in total. The van der Waals surface area contributed by atoms with Gasteiger partial charge in [0, 0.05) is 25.7 Å². The molecule has 0 spiro atoms. The summed E-state index contributed by atoms with van der Waals surface area (Å²) in [6, 6.07) is 0. The molecule has 3 N–H and O–H groups in total. The number of esters is 4. The van der Waals surface area contributed by atoms with Gasteiger partial charge in [0.15, 0.2) is 12.2 Å². The van der Waals surface area contributed by atoms with Crippen molar-refractivity contribution in [2.75, 3.05) is 39.6 Å². The van der Waals surface area contributed by atoms with Gasteiger partial charge in [0.1, 0.15) is 19.3 Å². The summed E-state index contributed by atoms with van der Waals surface area (Å²) in [6.45, 7) is 14.2. The van der Waals surface area contributed by atoms with Crippen LogP contribution in [-0.2, 0) is 65.4 Å². The van der Waals surface area contributed by atoms with E-state index in [1.807, 2.05) is 0 Å². The lowest BCUT2D eigenvalue weighted by Crippen LogP contribution is -2.30. The topological polar surface area (TPSA) is 237 Å². The standard InChI is InChI=1S/C81H158O17P2/c1-9-74(8)60-52-44-35-29-23-19-14-12-10-11-13-15-21-25-31-37-47-55-63-80(85)97-76(67-91-78(83)61-53-45-36-30-24-20-17-16-18-22-27-33-41-49-57-71(2)3)69-95-99(87,88)93-65-75(82)66-94-100(89,90)96-70-77(68-92-79(84)62-54-46-40-39-43-51-59-73(6)7)98-81(86)64-56-48-38-32-26-28-34-42-50-58-72(4)5/h71-77,82H,9-70H2,1-8H3,(H,87,88)(H,89,90)/t74?,75-,76-,77-/m1/s1. The Kier molecular flexibility index (Phi) is 68.7. The predicted molar refractivity (Wildman–Crippen MR) is 409 cm³/mol. The van der Waals surface area contributed by atoms with Crippen molar-refractivity contribution in [1.29, 1.82) is 0 Å². The van der Waals surface area contributed by atoms with Crippen LogP contribution < -0.4 is 0 Å². The first-order chi connectivity index (χ1) is 48.1. The lowest BCUT2D eigenvalue weighted by atomic mass is 9.99. The summed E-state index contributed by atoms with van der Waals surface area (Å²) in [5, 5.41) is 10.6. The first kappa shape index (κ1) is 98.1. The number of aliphatic hydroxyl groups is 1. The average Bonchev–Trinajstić information content (AvgIpc) is 1.03. The van der Waals surface area contributed by atoms with E-state index in [9.17, 15) is 43.2 Å². The highest BCUT2D eigenvalue weighted by atomic mass is 31.2. The molecule has 0 saturated heterocycles. The van der Waals surface area contributed by atoms with Gasteiger partial charge < -0.3 is 33.8 Å². The van der Waals surface area contributed by atoms with E-state index in [4.69, 9.17) is 37.0 Å². The summed E-state index contributed by atoms with van der Waals surface area (Å²) in [5.74, 6) is 0.968. The van der Waals surface area contributed by atoms with E-state index in [1.54, 1.807) is 0 Å². The van der Waals surface area contributed by atoms with Crippen molar-refractivity contribution < 1.29 is 80.2 Å². The fraction of sp³-hybridized carbons (Fsp3) is 0.951. The summed E-state index contributed by atoms with van der Waals surface area (Å²) in [5.41, 5.74) is 0. The monoisotopic (exact) mass is 1470 g/mol. The molecule has 3 unspecified atom stereocenters. The van der Waals surface area contributed by atoms with Gasteiger partial charge in [0.25, 0.3) is 0 Å². The number of carbonyl (C=O) groups is 4. The summed E-state index contributed by atoms with van der Waals surface area (Å²) < 4.78 is 68.6. The second-order valence-corrected chi connectivity index (χ2v) is 33.7. The molecule has 594 valence electrons. The molecule has 0 heterocycles. The fourth-order valence-corrected chi connectivity index (χ4v) is 14.0. The van der Waals surface area contributed by atoms with Crippen molar-refractivity contribution in [2.24, 2.45) is 23.7 Å². The molecule has 0 aromatic carbocycles. The Morgan fingerprint density at radius 3 is 0.710 bits per heavy atom. The molecule has 0 amide bonds. The first-order valence-corrected chi connectivity index (χ1v) is 44.7. The molecular weight excluding hydrogens is 1310 g/mol. The maximum atomic E-state index is 13.1. The van der Waals surface area contributed by atoms with Crippen LogP contribution in [-0.4, -0.2) is 96.7 Å². The maximum Gasteiger partial charge on any atom is 0.472 e. The van der Waals surface area contributed by atoms with Crippen LogP contribution in [0.25, 0.3) is 0 Å². The second-order valence-electron chi connectivity index (χ2n) is 30.8. The molecule has 0 aliphatic rings. The van der Waals surface area contributed by atoms with Gasteiger partial charge in [-0.25, -0.2) is 9.13 Å². The molecule has 0 fully saturated rings. The number of hydrogen-bond donors (Lipinski definition) is 3. The number of phosphoric acid groups is 2. The Bertz CT molecular complexity index is 1960. The number of hydrogen-bond acceptors (Lipinski definition) is 15. The Morgan fingerprint density at radius 1 is 0.280 bits per heavy atom. The summed E-state index contributed by atoms with van der Waals surface area (Å²) in [4.78, 5) is 72.9. The Balaban J connectivity index is 5.20. The minimum Gasteiger partial charge on any atom is -0.462 e. The van der Waals surface area contributed by atoms with Gasteiger partial charge in [-0.2, -0.15) is 0 Å². The van der Waals surface area contributed by atoms with Gasteiger partial charge in [0.05, 0.1) is 26.4 Å². The molecule has 0 aliphatic carbocycles. The minimum absolute atomic E-state index is 0.104. The number of aliphatic hydroxyl groups excluding tert-OH is 1. The molecule has 0 rings (SSSR count). The van der Waals surface area contributed by atoms with Gasteiger partial charge in [-0.05, 0) is 49.4 Å². The predicted octanol–water partition coefficient (Wildman–Crippen LogP) is 24.0. The smallest absolute Gasteiger partial charge is 0.462 e. The molecule has 0 aromatic rings. The van der Waals surface area contributed by atoms with Crippen molar-refractivity contribution in [1.82, 2.24) is 0 Å². The Labute approximate surface area is 613 Å². The number of ether oxygens (including phenoxy) is 4. The van der Waals surface area contributed by atoms with E-state index in [2.05, 4.69) is 55.4 Å². The minimum atomic E-state index is -4.96. The lowest BCUT2D eigenvalue weighted by molar-refractivity contribution is -0.161. The summed E-state index contributed by atoms with van der Waals surface area (Å²) in [6.07, 6.45) is 57.2. The highest BCUT2D eigenvalue weighted by Gasteiger charge is 2.30. The number of rotatable bonds is 78. The first-order valence-electron chi connectivity index (χ1n) is 41.7. The van der Waals surface area contributed by atoms with Crippen LogP contribution in [0.4, 0.5) is 0 Å². The number of phosphoric ester groups is 2. The number of carbonyl (C=O) groups excluding carboxylic acids is 4.